The molecule has 1 aliphatic rings. The third-order valence-electron chi connectivity index (χ3n) is 4.17. The van der Waals surface area contributed by atoms with Crippen LogP contribution < -0.4 is 21.7 Å². The molecule has 2 amide bonds. The SMILES string of the molecule is O=C(NNC(=O)C1CNNC1c1ccc(F)cc1)c1cccc([N+](=O)[O-])c1. The smallest absolute Gasteiger partial charge is 0.270 e. The van der Waals surface area contributed by atoms with Gasteiger partial charge in [0.1, 0.15) is 5.82 Å². The van der Waals surface area contributed by atoms with Gasteiger partial charge < -0.3 is 0 Å². The highest BCUT2D eigenvalue weighted by molar-refractivity contribution is 5.96. The topological polar surface area (TPSA) is 125 Å². The van der Waals surface area contributed by atoms with Crippen molar-refractivity contribution in [1.82, 2.24) is 21.7 Å². The van der Waals surface area contributed by atoms with Crippen LogP contribution in [0.15, 0.2) is 48.5 Å². The third-order valence-corrected chi connectivity index (χ3v) is 4.17. The number of hydrogen-bond donors (Lipinski definition) is 4. The van der Waals surface area contributed by atoms with E-state index in [1.807, 2.05) is 0 Å². The average molecular weight is 373 g/mol. The number of benzene rings is 2. The van der Waals surface area contributed by atoms with Gasteiger partial charge in [0.05, 0.1) is 16.9 Å². The minimum atomic E-state index is -0.677. The van der Waals surface area contributed by atoms with Gasteiger partial charge in [-0.1, -0.05) is 18.2 Å². The van der Waals surface area contributed by atoms with Crippen molar-refractivity contribution < 1.29 is 18.9 Å². The molecule has 1 fully saturated rings. The zero-order chi connectivity index (χ0) is 19.4. The second-order valence-corrected chi connectivity index (χ2v) is 5.91. The lowest BCUT2D eigenvalue weighted by atomic mass is 9.94. The molecule has 10 heteroatoms. The Morgan fingerprint density at radius 1 is 1.15 bits per heavy atom. The Hall–Kier alpha value is -3.37. The van der Waals surface area contributed by atoms with Gasteiger partial charge >= 0.3 is 0 Å². The van der Waals surface area contributed by atoms with Crippen molar-refractivity contribution in [1.29, 1.82) is 0 Å². The number of nitrogens with one attached hydrogen (secondary N) is 4. The molecule has 1 aliphatic heterocycles. The highest BCUT2D eigenvalue weighted by atomic mass is 19.1. The first-order chi connectivity index (χ1) is 13.0. The molecular weight excluding hydrogens is 357 g/mol. The Kier molecular flexibility index (Phi) is 5.38. The molecule has 2 atom stereocenters. The van der Waals surface area contributed by atoms with Crippen LogP contribution in [0.5, 0.6) is 0 Å². The molecule has 1 saturated heterocycles. The molecule has 2 unspecified atom stereocenters. The van der Waals surface area contributed by atoms with Gasteiger partial charge in [0.2, 0.25) is 5.91 Å². The van der Waals surface area contributed by atoms with Crippen molar-refractivity contribution in [3.63, 3.8) is 0 Å². The molecule has 27 heavy (non-hydrogen) atoms. The Balaban J connectivity index is 1.63. The number of halogens is 1. The minimum absolute atomic E-state index is 0.0438. The van der Waals surface area contributed by atoms with Crippen molar-refractivity contribution >= 4 is 17.5 Å². The van der Waals surface area contributed by atoms with Crippen LogP contribution in [0.4, 0.5) is 10.1 Å². The number of hydrogen-bond acceptors (Lipinski definition) is 6. The monoisotopic (exact) mass is 373 g/mol. The second kappa shape index (κ2) is 7.89. The van der Waals surface area contributed by atoms with E-state index in [1.54, 1.807) is 12.1 Å². The first-order valence-corrected chi connectivity index (χ1v) is 8.04. The number of carbonyl (C=O) groups excluding carboxylic acids is 2. The molecular formula is C17H16FN5O4. The van der Waals surface area contributed by atoms with Crippen LogP contribution in [0.3, 0.4) is 0 Å². The number of non-ortho nitro benzene ring substituents is 1. The van der Waals surface area contributed by atoms with Gasteiger partial charge in [0, 0.05) is 24.2 Å². The fourth-order valence-corrected chi connectivity index (χ4v) is 2.77. The summed E-state index contributed by atoms with van der Waals surface area (Å²) < 4.78 is 13.1. The van der Waals surface area contributed by atoms with Crippen LogP contribution in [-0.2, 0) is 4.79 Å². The predicted octanol–water partition coefficient (Wildman–Crippen LogP) is 0.960. The lowest BCUT2D eigenvalue weighted by molar-refractivity contribution is -0.384. The highest BCUT2D eigenvalue weighted by Gasteiger charge is 2.34. The number of rotatable bonds is 4. The number of hydrazine groups is 2. The summed E-state index contributed by atoms with van der Waals surface area (Å²) in [5.41, 5.74) is 10.9. The average Bonchev–Trinajstić information content (AvgIpc) is 3.16. The number of nitrogens with zero attached hydrogens (tertiary/aromatic N) is 1. The summed E-state index contributed by atoms with van der Waals surface area (Å²) in [5, 5.41) is 10.8. The van der Waals surface area contributed by atoms with Crippen molar-refractivity contribution in [2.24, 2.45) is 5.92 Å². The van der Waals surface area contributed by atoms with E-state index >= 15 is 0 Å². The fourth-order valence-electron chi connectivity index (χ4n) is 2.77. The van der Waals surface area contributed by atoms with Gasteiger partial charge in [-0.05, 0) is 23.8 Å². The number of nitro benzene ring substituents is 1. The van der Waals surface area contributed by atoms with Crippen molar-refractivity contribution in [3.05, 3.63) is 75.6 Å². The summed E-state index contributed by atoms with van der Waals surface area (Å²) in [6.45, 7) is 0.306. The first-order valence-electron chi connectivity index (χ1n) is 8.04. The van der Waals surface area contributed by atoms with E-state index in [2.05, 4.69) is 21.7 Å². The predicted molar refractivity (Wildman–Crippen MR) is 92.5 cm³/mol. The van der Waals surface area contributed by atoms with E-state index in [-0.39, 0.29) is 17.1 Å². The van der Waals surface area contributed by atoms with Crippen molar-refractivity contribution in [2.45, 2.75) is 6.04 Å². The van der Waals surface area contributed by atoms with Crippen molar-refractivity contribution in [3.8, 4) is 0 Å². The van der Waals surface area contributed by atoms with Gasteiger partial charge in [0.25, 0.3) is 11.6 Å². The molecule has 2 aromatic rings. The van der Waals surface area contributed by atoms with E-state index in [9.17, 15) is 24.1 Å². The second-order valence-electron chi connectivity index (χ2n) is 5.91. The zero-order valence-corrected chi connectivity index (χ0v) is 13.9. The summed E-state index contributed by atoms with van der Waals surface area (Å²) in [7, 11) is 0. The summed E-state index contributed by atoms with van der Waals surface area (Å²) >= 11 is 0. The number of amides is 2. The third kappa shape index (κ3) is 4.25. The molecule has 4 N–H and O–H groups in total. The van der Waals surface area contributed by atoms with Crippen LogP contribution in [0.1, 0.15) is 22.0 Å². The molecule has 2 aromatic carbocycles. The number of nitro groups is 1. The van der Waals surface area contributed by atoms with Gasteiger partial charge in [-0.15, -0.1) is 0 Å². The maximum Gasteiger partial charge on any atom is 0.270 e. The van der Waals surface area contributed by atoms with Gasteiger partial charge in [0.15, 0.2) is 0 Å². The minimum Gasteiger partial charge on any atom is -0.273 e. The summed E-state index contributed by atoms with van der Waals surface area (Å²) in [6.07, 6.45) is 0. The number of carbonyl (C=O) groups is 2. The maximum atomic E-state index is 13.1. The van der Waals surface area contributed by atoms with Gasteiger partial charge in [-0.2, -0.15) is 0 Å². The molecule has 0 spiro atoms. The Morgan fingerprint density at radius 2 is 1.89 bits per heavy atom. The van der Waals surface area contributed by atoms with Crippen molar-refractivity contribution in [2.75, 3.05) is 6.54 Å². The van der Waals surface area contributed by atoms with Crippen LogP contribution >= 0.6 is 0 Å². The van der Waals surface area contributed by atoms with Crippen LogP contribution in [0, 0.1) is 21.8 Å². The van der Waals surface area contributed by atoms with E-state index in [0.717, 1.165) is 6.07 Å². The first kappa shape index (κ1) is 18.4. The highest BCUT2D eigenvalue weighted by Crippen LogP contribution is 2.25. The molecule has 1 heterocycles. The molecule has 9 nitrogen and oxygen atoms in total. The quantitative estimate of drug-likeness (QED) is 0.467. The fraction of sp³-hybridized carbons (Fsp3) is 0.176. The summed E-state index contributed by atoms with van der Waals surface area (Å²) in [5.74, 6) is -2.07. The lowest BCUT2D eigenvalue weighted by Crippen LogP contribution is -2.46. The lowest BCUT2D eigenvalue weighted by Gasteiger charge is -2.18. The Labute approximate surface area is 153 Å². The molecule has 3 rings (SSSR count). The normalized spacial score (nSPS) is 18.7. The molecule has 0 bridgehead atoms. The molecule has 0 saturated carbocycles. The van der Waals surface area contributed by atoms with E-state index in [0.29, 0.717) is 12.1 Å². The molecule has 0 aromatic heterocycles. The standard InChI is InChI=1S/C17H16FN5O4/c18-12-6-4-10(5-7-12)15-14(9-19-20-15)17(25)22-21-16(24)11-2-1-3-13(8-11)23(26)27/h1-8,14-15,19-20H,9H2,(H,21,24)(H,22,25). The van der Waals surface area contributed by atoms with Crippen LogP contribution in [-0.4, -0.2) is 23.3 Å². The Morgan fingerprint density at radius 3 is 2.59 bits per heavy atom. The largest absolute Gasteiger partial charge is 0.273 e. The maximum absolute atomic E-state index is 13.1. The molecule has 0 aliphatic carbocycles. The Bertz CT molecular complexity index is 874. The van der Waals surface area contributed by atoms with Gasteiger partial charge in [-0.25, -0.2) is 9.82 Å². The van der Waals surface area contributed by atoms with E-state index in [4.69, 9.17) is 0 Å². The summed E-state index contributed by atoms with van der Waals surface area (Å²) in [6, 6.07) is 10.5. The zero-order valence-electron chi connectivity index (χ0n) is 13.9. The van der Waals surface area contributed by atoms with E-state index < -0.39 is 28.7 Å². The van der Waals surface area contributed by atoms with E-state index in [1.165, 1.54) is 30.3 Å². The van der Waals surface area contributed by atoms with Crippen LogP contribution in [0.2, 0.25) is 0 Å². The molecule has 140 valence electrons. The molecule has 0 radical (unpaired) electrons. The van der Waals surface area contributed by atoms with Crippen LogP contribution in [0.25, 0.3) is 0 Å². The van der Waals surface area contributed by atoms with Gasteiger partial charge in [-0.3, -0.25) is 36.0 Å². The summed E-state index contributed by atoms with van der Waals surface area (Å²) in [4.78, 5) is 34.7.